The summed E-state index contributed by atoms with van der Waals surface area (Å²) in [7, 11) is 1.83. The summed E-state index contributed by atoms with van der Waals surface area (Å²) in [6, 6.07) is 10.8. The van der Waals surface area contributed by atoms with Crippen molar-refractivity contribution in [1.29, 1.82) is 0 Å². The topological polar surface area (TPSA) is 54.2 Å². The molecule has 0 aliphatic heterocycles. The number of aromatic nitrogens is 2. The summed E-state index contributed by atoms with van der Waals surface area (Å²) in [5, 5.41) is 11.2. The van der Waals surface area contributed by atoms with Crippen LogP contribution in [-0.4, -0.2) is 35.9 Å². The number of hydrogen-bond donors (Lipinski definition) is 2. The van der Waals surface area contributed by atoms with Gasteiger partial charge in [-0.05, 0) is 37.3 Å². The molecule has 0 bridgehead atoms. The third-order valence-electron chi connectivity index (χ3n) is 4.68. The highest BCUT2D eigenvalue weighted by Gasteiger charge is 2.43. The lowest BCUT2D eigenvalue weighted by atomic mass is 9.96. The van der Waals surface area contributed by atoms with E-state index in [9.17, 15) is 0 Å². The van der Waals surface area contributed by atoms with Crippen molar-refractivity contribution < 1.29 is 0 Å². The van der Waals surface area contributed by atoms with Crippen LogP contribution >= 0.6 is 0 Å². The zero-order chi connectivity index (χ0) is 16.8. The van der Waals surface area contributed by atoms with E-state index in [0.717, 1.165) is 32.0 Å². The van der Waals surface area contributed by atoms with Crippen molar-refractivity contribution in [2.75, 3.05) is 20.1 Å². The quantitative estimate of drug-likeness (QED) is 0.467. The van der Waals surface area contributed by atoms with E-state index in [1.165, 1.54) is 24.0 Å². The molecule has 5 heteroatoms. The molecule has 5 nitrogen and oxygen atoms in total. The van der Waals surface area contributed by atoms with Crippen molar-refractivity contribution in [1.82, 2.24) is 20.4 Å². The van der Waals surface area contributed by atoms with Crippen molar-refractivity contribution in [2.24, 2.45) is 4.99 Å². The Morgan fingerprint density at radius 1 is 1.25 bits per heavy atom. The van der Waals surface area contributed by atoms with Gasteiger partial charge in [0.05, 0.1) is 6.20 Å². The highest BCUT2D eigenvalue weighted by molar-refractivity contribution is 5.79. The maximum Gasteiger partial charge on any atom is 0.191 e. The fourth-order valence-electron chi connectivity index (χ4n) is 3.02. The number of benzene rings is 1. The number of nitrogens with zero attached hydrogens (tertiary/aromatic N) is 3. The van der Waals surface area contributed by atoms with Gasteiger partial charge in [0.15, 0.2) is 5.96 Å². The van der Waals surface area contributed by atoms with Gasteiger partial charge >= 0.3 is 0 Å². The van der Waals surface area contributed by atoms with Gasteiger partial charge in [0, 0.05) is 38.3 Å². The van der Waals surface area contributed by atoms with Crippen LogP contribution in [0.25, 0.3) is 0 Å². The molecule has 0 unspecified atom stereocenters. The first-order valence-electron chi connectivity index (χ1n) is 8.71. The molecule has 1 aliphatic carbocycles. The standard InChI is InChI=1S/C19H27N5/c1-16-13-23-24(14-16)12-6-11-21-18(20-2)22-15-19(9-10-19)17-7-4-3-5-8-17/h3-5,7-8,13-14H,6,9-12,15H2,1-2H3,(H2,20,21,22). The van der Waals surface area contributed by atoms with E-state index in [2.05, 4.69) is 64.2 Å². The highest BCUT2D eigenvalue weighted by atomic mass is 15.3. The summed E-state index contributed by atoms with van der Waals surface area (Å²) in [5.41, 5.74) is 2.93. The third-order valence-corrected chi connectivity index (χ3v) is 4.68. The summed E-state index contributed by atoms with van der Waals surface area (Å²) in [6.45, 7) is 4.81. The van der Waals surface area contributed by atoms with E-state index in [4.69, 9.17) is 0 Å². The lowest BCUT2D eigenvalue weighted by molar-refractivity contribution is 0.567. The molecule has 0 spiro atoms. The fraction of sp³-hybridized carbons (Fsp3) is 0.474. The maximum absolute atomic E-state index is 4.33. The van der Waals surface area contributed by atoms with Gasteiger partial charge in [-0.1, -0.05) is 30.3 Å². The van der Waals surface area contributed by atoms with Crippen LogP contribution in [0.5, 0.6) is 0 Å². The second kappa shape index (κ2) is 7.51. The number of aryl methyl sites for hydroxylation is 2. The Hall–Kier alpha value is -2.30. The molecule has 0 radical (unpaired) electrons. The number of guanidine groups is 1. The molecule has 128 valence electrons. The number of rotatable bonds is 7. The molecule has 1 aliphatic rings. The molecule has 0 saturated heterocycles. The summed E-state index contributed by atoms with van der Waals surface area (Å²) < 4.78 is 1.99. The lowest BCUT2D eigenvalue weighted by Crippen LogP contribution is -2.41. The summed E-state index contributed by atoms with van der Waals surface area (Å²) >= 11 is 0. The Labute approximate surface area is 144 Å². The fourth-order valence-corrected chi connectivity index (χ4v) is 3.02. The van der Waals surface area contributed by atoms with Crippen molar-refractivity contribution >= 4 is 5.96 Å². The normalized spacial score (nSPS) is 16.0. The molecule has 0 atom stereocenters. The Balaban J connectivity index is 1.41. The Morgan fingerprint density at radius 2 is 2.04 bits per heavy atom. The van der Waals surface area contributed by atoms with Crippen LogP contribution in [0.4, 0.5) is 0 Å². The summed E-state index contributed by atoms with van der Waals surface area (Å²) in [6.07, 6.45) is 7.49. The molecule has 1 heterocycles. The zero-order valence-electron chi connectivity index (χ0n) is 14.6. The molecule has 24 heavy (non-hydrogen) atoms. The van der Waals surface area contributed by atoms with Gasteiger partial charge in [0.25, 0.3) is 0 Å². The minimum absolute atomic E-state index is 0.297. The first-order valence-corrected chi connectivity index (χ1v) is 8.71. The van der Waals surface area contributed by atoms with Crippen molar-refractivity contribution in [2.45, 2.75) is 38.1 Å². The van der Waals surface area contributed by atoms with Crippen LogP contribution in [0, 0.1) is 6.92 Å². The average molecular weight is 325 g/mol. The Kier molecular flexibility index (Phi) is 5.18. The summed E-state index contributed by atoms with van der Waals surface area (Å²) in [4.78, 5) is 4.33. The second-order valence-electron chi connectivity index (χ2n) is 6.63. The molecule has 2 N–H and O–H groups in total. The second-order valence-corrected chi connectivity index (χ2v) is 6.63. The van der Waals surface area contributed by atoms with Crippen LogP contribution in [0.2, 0.25) is 0 Å². The molecule has 1 aromatic carbocycles. The van der Waals surface area contributed by atoms with E-state index >= 15 is 0 Å². The molecular weight excluding hydrogens is 298 g/mol. The number of hydrogen-bond acceptors (Lipinski definition) is 2. The van der Waals surface area contributed by atoms with Crippen molar-refractivity contribution in [3.8, 4) is 0 Å². The predicted octanol–water partition coefficient (Wildman–Crippen LogP) is 2.48. The molecule has 0 amide bonds. The maximum atomic E-state index is 4.33. The van der Waals surface area contributed by atoms with E-state index < -0.39 is 0 Å². The smallest absolute Gasteiger partial charge is 0.191 e. The lowest BCUT2D eigenvalue weighted by Gasteiger charge is -2.19. The monoisotopic (exact) mass is 325 g/mol. The molecule has 1 fully saturated rings. The van der Waals surface area contributed by atoms with Gasteiger partial charge in [0.1, 0.15) is 0 Å². The van der Waals surface area contributed by atoms with Crippen LogP contribution in [-0.2, 0) is 12.0 Å². The minimum Gasteiger partial charge on any atom is -0.356 e. The van der Waals surface area contributed by atoms with Crippen LogP contribution < -0.4 is 10.6 Å². The number of nitrogens with one attached hydrogen (secondary N) is 2. The van der Waals surface area contributed by atoms with Crippen LogP contribution in [0.3, 0.4) is 0 Å². The predicted molar refractivity (Wildman–Crippen MR) is 98.3 cm³/mol. The van der Waals surface area contributed by atoms with E-state index in [1.54, 1.807) is 0 Å². The zero-order valence-corrected chi connectivity index (χ0v) is 14.6. The number of aliphatic imine (C=N–C) groups is 1. The first-order chi connectivity index (χ1) is 11.7. The molecule has 2 aromatic rings. The molecule has 1 aromatic heterocycles. The highest BCUT2D eigenvalue weighted by Crippen LogP contribution is 2.47. The van der Waals surface area contributed by atoms with Gasteiger partial charge in [-0.25, -0.2) is 0 Å². The SMILES string of the molecule is CN=C(NCCCn1cc(C)cn1)NCC1(c2ccccc2)CC1. The molecule has 3 rings (SSSR count). The largest absolute Gasteiger partial charge is 0.356 e. The van der Waals surface area contributed by atoms with Crippen molar-refractivity contribution in [3.05, 3.63) is 53.9 Å². The Bertz CT molecular complexity index is 670. The van der Waals surface area contributed by atoms with Crippen LogP contribution in [0.1, 0.15) is 30.4 Å². The van der Waals surface area contributed by atoms with Gasteiger partial charge in [-0.3, -0.25) is 9.67 Å². The van der Waals surface area contributed by atoms with Crippen molar-refractivity contribution in [3.63, 3.8) is 0 Å². The average Bonchev–Trinajstić information content (AvgIpc) is 3.30. The van der Waals surface area contributed by atoms with E-state index in [1.807, 2.05) is 17.9 Å². The van der Waals surface area contributed by atoms with Gasteiger partial charge in [-0.2, -0.15) is 5.10 Å². The van der Waals surface area contributed by atoms with E-state index in [-0.39, 0.29) is 0 Å². The molecular formula is C19H27N5. The van der Waals surface area contributed by atoms with Gasteiger partial charge < -0.3 is 10.6 Å². The molecule has 1 saturated carbocycles. The Morgan fingerprint density at radius 3 is 2.67 bits per heavy atom. The minimum atomic E-state index is 0.297. The first kappa shape index (κ1) is 16.6. The summed E-state index contributed by atoms with van der Waals surface area (Å²) in [5.74, 6) is 0.883. The van der Waals surface area contributed by atoms with Gasteiger partial charge in [0.2, 0.25) is 0 Å². The van der Waals surface area contributed by atoms with Crippen LogP contribution in [0.15, 0.2) is 47.7 Å². The van der Waals surface area contributed by atoms with Gasteiger partial charge in [-0.15, -0.1) is 0 Å². The van der Waals surface area contributed by atoms with E-state index in [0.29, 0.717) is 5.41 Å². The third kappa shape index (κ3) is 4.16.